The first-order valence-corrected chi connectivity index (χ1v) is 11.2. The number of thiazole rings is 1. The number of anilines is 1. The largest absolute Gasteiger partial charge is 0.300 e. The molecule has 1 N–H and O–H groups in total. The van der Waals surface area contributed by atoms with Gasteiger partial charge in [-0.05, 0) is 43.4 Å². The average Bonchev–Trinajstić information content (AvgIpc) is 3.31. The Balaban J connectivity index is 1.46. The van der Waals surface area contributed by atoms with Crippen molar-refractivity contribution in [2.24, 2.45) is 0 Å². The molecule has 1 unspecified atom stereocenters. The average molecular weight is 432 g/mol. The van der Waals surface area contributed by atoms with Crippen molar-refractivity contribution < 1.29 is 14.4 Å². The van der Waals surface area contributed by atoms with Crippen molar-refractivity contribution in [1.29, 1.82) is 0 Å². The summed E-state index contributed by atoms with van der Waals surface area (Å²) in [5.74, 6) is -1.27. The normalized spacial score (nSPS) is 16.1. The van der Waals surface area contributed by atoms with Crippen molar-refractivity contribution in [3.05, 3.63) is 81.9 Å². The third kappa shape index (κ3) is 3.65. The Bertz CT molecular complexity index is 1110. The lowest BCUT2D eigenvalue weighted by molar-refractivity contribution is -0.119. The van der Waals surface area contributed by atoms with Gasteiger partial charge in [-0.25, -0.2) is 4.98 Å². The van der Waals surface area contributed by atoms with Gasteiger partial charge in [-0.15, -0.1) is 11.3 Å². The summed E-state index contributed by atoms with van der Waals surface area (Å²) < 4.78 is 0. The highest BCUT2D eigenvalue weighted by Gasteiger charge is 2.42. The number of imide groups is 1. The molecule has 1 atom stereocenters. The molecule has 0 fully saturated rings. The number of aromatic nitrogens is 1. The molecule has 1 aliphatic heterocycles. The van der Waals surface area contributed by atoms with E-state index >= 15 is 0 Å². The van der Waals surface area contributed by atoms with E-state index in [0.29, 0.717) is 16.3 Å². The molecule has 31 heavy (non-hydrogen) atoms. The van der Waals surface area contributed by atoms with Crippen LogP contribution in [0, 0.1) is 0 Å². The van der Waals surface area contributed by atoms with Crippen molar-refractivity contribution in [3.8, 4) is 0 Å². The van der Waals surface area contributed by atoms with Crippen LogP contribution in [0.3, 0.4) is 0 Å². The topological polar surface area (TPSA) is 79.4 Å². The summed E-state index contributed by atoms with van der Waals surface area (Å²) in [6.45, 7) is 0. The Labute approximate surface area is 183 Å². The fraction of sp³-hybridized carbons (Fsp3) is 0.250. The number of hydrogen-bond donors (Lipinski definition) is 1. The highest BCUT2D eigenvalue weighted by molar-refractivity contribution is 7.15. The maximum absolute atomic E-state index is 13.4. The summed E-state index contributed by atoms with van der Waals surface area (Å²) in [7, 11) is 0. The van der Waals surface area contributed by atoms with E-state index in [1.54, 1.807) is 24.3 Å². The first-order valence-electron chi connectivity index (χ1n) is 10.4. The van der Waals surface area contributed by atoms with Crippen LogP contribution in [0.1, 0.15) is 49.7 Å². The molecule has 7 heteroatoms. The third-order valence-electron chi connectivity index (χ3n) is 5.79. The van der Waals surface area contributed by atoms with Crippen molar-refractivity contribution >= 4 is 34.2 Å². The second-order valence-electron chi connectivity index (χ2n) is 7.82. The van der Waals surface area contributed by atoms with Crippen molar-refractivity contribution in [1.82, 2.24) is 9.88 Å². The number of nitrogens with zero attached hydrogens (tertiary/aromatic N) is 2. The molecule has 1 aliphatic carbocycles. The second kappa shape index (κ2) is 8.07. The summed E-state index contributed by atoms with van der Waals surface area (Å²) in [5, 5.41) is 3.42. The Morgan fingerprint density at radius 1 is 0.968 bits per heavy atom. The minimum absolute atomic E-state index is 0.239. The van der Waals surface area contributed by atoms with Gasteiger partial charge >= 0.3 is 0 Å². The first kappa shape index (κ1) is 19.6. The molecule has 3 aromatic rings. The van der Waals surface area contributed by atoms with Gasteiger partial charge in [0.25, 0.3) is 11.8 Å². The lowest BCUT2D eigenvalue weighted by atomic mass is 10.0. The standard InChI is InChI=1S/C24H21N3O3S/c28-21(26-24-25-18-12-6-7-13-20(18)31-24)19(14-15-8-2-1-3-9-15)27-22(29)16-10-4-5-11-17(16)23(27)30/h1-5,8-11,19H,6-7,12-14H2,(H,25,26,28). The van der Waals surface area contributed by atoms with E-state index < -0.39 is 23.8 Å². The highest BCUT2D eigenvalue weighted by atomic mass is 32.1. The van der Waals surface area contributed by atoms with E-state index in [4.69, 9.17) is 0 Å². The van der Waals surface area contributed by atoms with Gasteiger partial charge in [0.2, 0.25) is 5.91 Å². The molecule has 0 spiro atoms. The van der Waals surface area contributed by atoms with E-state index in [2.05, 4.69) is 10.3 Å². The van der Waals surface area contributed by atoms with Crippen LogP contribution in [0.5, 0.6) is 0 Å². The number of aryl methyl sites for hydroxylation is 2. The fourth-order valence-electron chi connectivity index (χ4n) is 4.22. The molecule has 0 saturated carbocycles. The Hall–Kier alpha value is -3.32. The molecule has 156 valence electrons. The van der Waals surface area contributed by atoms with E-state index in [1.165, 1.54) is 16.2 Å². The second-order valence-corrected chi connectivity index (χ2v) is 8.90. The van der Waals surface area contributed by atoms with E-state index in [0.717, 1.165) is 41.8 Å². The molecule has 0 radical (unpaired) electrons. The predicted molar refractivity (Wildman–Crippen MR) is 118 cm³/mol. The summed E-state index contributed by atoms with van der Waals surface area (Å²) in [6, 6.07) is 15.2. The van der Waals surface area contributed by atoms with Gasteiger partial charge in [0.05, 0.1) is 16.8 Å². The molecule has 2 aliphatic rings. The van der Waals surface area contributed by atoms with Crippen molar-refractivity contribution in [3.63, 3.8) is 0 Å². The van der Waals surface area contributed by atoms with E-state index in [9.17, 15) is 14.4 Å². The van der Waals surface area contributed by atoms with Gasteiger partial charge in [0, 0.05) is 11.3 Å². The molecule has 6 nitrogen and oxygen atoms in total. The zero-order valence-corrected chi connectivity index (χ0v) is 17.7. The molecule has 2 aromatic carbocycles. The van der Waals surface area contributed by atoms with Gasteiger partial charge in [0.1, 0.15) is 6.04 Å². The van der Waals surface area contributed by atoms with Gasteiger partial charge in [-0.1, -0.05) is 42.5 Å². The Morgan fingerprint density at radius 2 is 1.61 bits per heavy atom. The molecule has 5 rings (SSSR count). The number of nitrogens with one attached hydrogen (secondary N) is 1. The zero-order chi connectivity index (χ0) is 21.4. The summed E-state index contributed by atoms with van der Waals surface area (Å²) in [6.07, 6.45) is 4.38. The van der Waals surface area contributed by atoms with Crippen LogP contribution in [-0.4, -0.2) is 33.6 Å². The quantitative estimate of drug-likeness (QED) is 0.622. The number of fused-ring (bicyclic) bond motifs is 2. The summed E-state index contributed by atoms with van der Waals surface area (Å²) >= 11 is 1.49. The minimum Gasteiger partial charge on any atom is -0.300 e. The molecule has 1 aromatic heterocycles. The lowest BCUT2D eigenvalue weighted by Gasteiger charge is -2.25. The van der Waals surface area contributed by atoms with Crippen molar-refractivity contribution in [2.45, 2.75) is 38.1 Å². The van der Waals surface area contributed by atoms with Crippen molar-refractivity contribution in [2.75, 3.05) is 5.32 Å². The van der Waals surface area contributed by atoms with Crippen LogP contribution in [0.25, 0.3) is 0 Å². The number of rotatable bonds is 5. The molecule has 2 heterocycles. The Morgan fingerprint density at radius 3 is 2.29 bits per heavy atom. The smallest absolute Gasteiger partial charge is 0.262 e. The van der Waals surface area contributed by atoms with Crippen LogP contribution in [0.15, 0.2) is 54.6 Å². The highest BCUT2D eigenvalue weighted by Crippen LogP contribution is 2.31. The maximum Gasteiger partial charge on any atom is 0.262 e. The molecule has 0 bridgehead atoms. The zero-order valence-electron chi connectivity index (χ0n) is 16.8. The van der Waals surface area contributed by atoms with Crippen LogP contribution >= 0.6 is 11.3 Å². The van der Waals surface area contributed by atoms with Crippen LogP contribution in [-0.2, 0) is 24.1 Å². The molecule has 3 amide bonds. The van der Waals surface area contributed by atoms with Crippen LogP contribution in [0.2, 0.25) is 0 Å². The van der Waals surface area contributed by atoms with Gasteiger partial charge in [-0.2, -0.15) is 0 Å². The maximum atomic E-state index is 13.4. The molecular weight excluding hydrogens is 410 g/mol. The number of hydrogen-bond acceptors (Lipinski definition) is 5. The predicted octanol–water partition coefficient (Wildman–Crippen LogP) is 3.87. The Kier molecular flexibility index (Phi) is 5.11. The third-order valence-corrected chi connectivity index (χ3v) is 6.86. The summed E-state index contributed by atoms with van der Waals surface area (Å²) in [5.41, 5.74) is 2.59. The number of benzene rings is 2. The van der Waals surface area contributed by atoms with Crippen LogP contribution in [0.4, 0.5) is 5.13 Å². The lowest BCUT2D eigenvalue weighted by Crippen LogP contribution is -2.48. The monoisotopic (exact) mass is 431 g/mol. The molecule has 0 saturated heterocycles. The van der Waals surface area contributed by atoms with Gasteiger partial charge < -0.3 is 5.32 Å². The van der Waals surface area contributed by atoms with Gasteiger partial charge in [0.15, 0.2) is 5.13 Å². The number of carbonyl (C=O) groups is 3. The summed E-state index contributed by atoms with van der Waals surface area (Å²) in [4.78, 5) is 46.4. The van der Waals surface area contributed by atoms with Crippen LogP contribution < -0.4 is 5.32 Å². The number of carbonyl (C=O) groups excluding carboxylic acids is 3. The van der Waals surface area contributed by atoms with Gasteiger partial charge in [-0.3, -0.25) is 19.3 Å². The first-order chi connectivity index (χ1) is 15.1. The SMILES string of the molecule is O=C(Nc1nc2c(s1)CCCC2)C(Cc1ccccc1)N1C(=O)c2ccccc2C1=O. The fourth-order valence-corrected chi connectivity index (χ4v) is 5.28. The van der Waals surface area contributed by atoms with E-state index in [-0.39, 0.29) is 6.42 Å². The minimum atomic E-state index is -0.962. The molecular formula is C24H21N3O3S. The van der Waals surface area contributed by atoms with E-state index in [1.807, 2.05) is 30.3 Å². The number of amides is 3.